The number of benzene rings is 1. The second-order valence-electron chi connectivity index (χ2n) is 9.50. The summed E-state index contributed by atoms with van der Waals surface area (Å²) >= 11 is 0. The summed E-state index contributed by atoms with van der Waals surface area (Å²) in [5, 5.41) is 9.95. The van der Waals surface area contributed by atoms with Crippen LogP contribution in [0.4, 0.5) is 16.3 Å². The molecule has 1 aromatic carbocycles. The number of anilines is 2. The summed E-state index contributed by atoms with van der Waals surface area (Å²) in [7, 11) is 0. The van der Waals surface area contributed by atoms with Gasteiger partial charge in [-0.05, 0) is 81.8 Å². The lowest BCUT2D eigenvalue weighted by atomic mass is 9.88. The number of carbonyl (C=O) groups is 2. The van der Waals surface area contributed by atoms with Crippen molar-refractivity contribution in [1.29, 1.82) is 0 Å². The molecule has 0 spiro atoms. The summed E-state index contributed by atoms with van der Waals surface area (Å²) in [5.41, 5.74) is 3.62. The number of fused-ring (bicyclic) bond motifs is 1. The molecule has 7 nitrogen and oxygen atoms in total. The number of pyridine rings is 1. The fraction of sp³-hybridized carbons (Fsp3) is 0.500. The second kappa shape index (κ2) is 9.41. The topological polar surface area (TPSA) is 77.0 Å². The number of piperidine rings is 1. The molecule has 2 aromatic rings. The Balaban J connectivity index is 1.73. The molecule has 1 fully saturated rings. The number of carboxylic acid groups (broad SMARTS) is 1. The fourth-order valence-electron chi connectivity index (χ4n) is 5.34. The van der Waals surface area contributed by atoms with Crippen molar-refractivity contribution >= 4 is 23.5 Å². The lowest BCUT2D eigenvalue weighted by molar-refractivity contribution is -0.117. The minimum atomic E-state index is -0.942. The highest BCUT2D eigenvalue weighted by atomic mass is 16.4. The Hall–Kier alpha value is -3.09. The Bertz CT molecular complexity index is 1010. The zero-order chi connectivity index (χ0) is 23.7. The predicted molar refractivity (Wildman–Crippen MR) is 131 cm³/mol. The molecule has 2 unspecified atom stereocenters. The summed E-state index contributed by atoms with van der Waals surface area (Å²) in [4.78, 5) is 34.9. The summed E-state index contributed by atoms with van der Waals surface area (Å²) in [6, 6.07) is 9.57. The first-order valence-electron chi connectivity index (χ1n) is 11.9. The summed E-state index contributed by atoms with van der Waals surface area (Å²) < 4.78 is 0. The maximum absolute atomic E-state index is 12.4. The van der Waals surface area contributed by atoms with Gasteiger partial charge in [0.2, 0.25) is 5.91 Å². The van der Waals surface area contributed by atoms with Crippen LogP contribution in [0.3, 0.4) is 0 Å². The maximum Gasteiger partial charge on any atom is 0.408 e. The smallest absolute Gasteiger partial charge is 0.408 e. The first-order chi connectivity index (χ1) is 15.8. The molecule has 2 atom stereocenters. The van der Waals surface area contributed by atoms with E-state index in [4.69, 9.17) is 4.98 Å². The zero-order valence-corrected chi connectivity index (χ0v) is 20.0. The fourth-order valence-corrected chi connectivity index (χ4v) is 5.34. The lowest BCUT2D eigenvalue weighted by Gasteiger charge is -2.43. The SMILES string of the molecule is CC(=O)N1c2ccc(-c3ccc(N4CCCCC4)nc3)cc2C(N(C(=O)O)C(C)C)CC1C. The van der Waals surface area contributed by atoms with E-state index >= 15 is 0 Å². The van der Waals surface area contributed by atoms with E-state index in [9.17, 15) is 14.7 Å². The van der Waals surface area contributed by atoms with E-state index < -0.39 is 6.09 Å². The van der Waals surface area contributed by atoms with Crippen LogP contribution in [0.1, 0.15) is 65.0 Å². The summed E-state index contributed by atoms with van der Waals surface area (Å²) in [6.45, 7) is 9.42. The van der Waals surface area contributed by atoms with Gasteiger partial charge in [0.15, 0.2) is 0 Å². The maximum atomic E-state index is 12.4. The first kappa shape index (κ1) is 23.1. The van der Waals surface area contributed by atoms with Crippen molar-refractivity contribution in [3.63, 3.8) is 0 Å². The van der Waals surface area contributed by atoms with Crippen LogP contribution in [-0.2, 0) is 4.79 Å². The Labute approximate surface area is 196 Å². The van der Waals surface area contributed by atoms with Crippen molar-refractivity contribution in [2.24, 2.45) is 0 Å². The highest BCUT2D eigenvalue weighted by Gasteiger charge is 2.38. The standard InChI is InChI=1S/C26H34N4O3/c1-17(2)29(26(32)33)24-14-18(3)30(19(4)31)23-10-8-20(15-22(23)24)21-9-11-25(27-16-21)28-12-6-5-7-13-28/h8-11,15-18,24H,5-7,12-14H2,1-4H3,(H,32,33). The van der Waals surface area contributed by atoms with Gasteiger partial charge in [0.25, 0.3) is 0 Å². The molecule has 2 aliphatic rings. The van der Waals surface area contributed by atoms with Crippen molar-refractivity contribution in [3.8, 4) is 11.1 Å². The highest BCUT2D eigenvalue weighted by molar-refractivity contribution is 5.94. The van der Waals surface area contributed by atoms with Crippen LogP contribution in [0.25, 0.3) is 11.1 Å². The van der Waals surface area contributed by atoms with Crippen molar-refractivity contribution in [1.82, 2.24) is 9.88 Å². The van der Waals surface area contributed by atoms with E-state index in [2.05, 4.69) is 17.0 Å². The zero-order valence-electron chi connectivity index (χ0n) is 20.0. The number of nitrogens with zero attached hydrogens (tertiary/aromatic N) is 4. The number of rotatable bonds is 4. The van der Waals surface area contributed by atoms with Gasteiger partial charge < -0.3 is 14.9 Å². The van der Waals surface area contributed by atoms with Crippen LogP contribution < -0.4 is 9.80 Å². The second-order valence-corrected chi connectivity index (χ2v) is 9.50. The van der Waals surface area contributed by atoms with Crippen LogP contribution in [0.2, 0.25) is 0 Å². The summed E-state index contributed by atoms with van der Waals surface area (Å²) in [5.74, 6) is 0.969. The lowest BCUT2D eigenvalue weighted by Crippen LogP contribution is -2.48. The van der Waals surface area contributed by atoms with E-state index in [0.29, 0.717) is 6.42 Å². The van der Waals surface area contributed by atoms with Gasteiger partial charge in [-0.2, -0.15) is 0 Å². The normalized spacial score (nSPS) is 20.5. The van der Waals surface area contributed by atoms with Crippen LogP contribution >= 0.6 is 0 Å². The number of hydrogen-bond donors (Lipinski definition) is 1. The van der Waals surface area contributed by atoms with E-state index in [1.807, 2.05) is 45.2 Å². The molecule has 4 rings (SSSR count). The van der Waals surface area contributed by atoms with E-state index in [1.54, 1.807) is 11.8 Å². The van der Waals surface area contributed by atoms with Crippen LogP contribution in [0.5, 0.6) is 0 Å². The molecule has 0 saturated carbocycles. The molecule has 33 heavy (non-hydrogen) atoms. The average Bonchev–Trinajstić information content (AvgIpc) is 2.79. The molecule has 1 saturated heterocycles. The number of amides is 2. The molecular formula is C26H34N4O3. The van der Waals surface area contributed by atoms with Crippen molar-refractivity contribution in [3.05, 3.63) is 42.1 Å². The molecule has 0 aliphatic carbocycles. The molecule has 0 radical (unpaired) electrons. The van der Waals surface area contributed by atoms with Gasteiger partial charge in [0, 0.05) is 49.5 Å². The largest absolute Gasteiger partial charge is 0.465 e. The number of hydrogen-bond acceptors (Lipinski definition) is 4. The van der Waals surface area contributed by atoms with Crippen LogP contribution in [-0.4, -0.2) is 52.2 Å². The van der Waals surface area contributed by atoms with E-state index in [-0.39, 0.29) is 24.0 Å². The molecule has 1 N–H and O–H groups in total. The molecule has 1 aromatic heterocycles. The van der Waals surface area contributed by atoms with Crippen molar-refractivity contribution in [2.75, 3.05) is 22.9 Å². The molecule has 2 amide bonds. The van der Waals surface area contributed by atoms with Gasteiger partial charge in [-0.3, -0.25) is 9.69 Å². The van der Waals surface area contributed by atoms with Crippen LogP contribution in [0.15, 0.2) is 36.5 Å². The summed E-state index contributed by atoms with van der Waals surface area (Å²) in [6.07, 6.45) is 5.21. The molecule has 7 heteroatoms. The van der Waals surface area contributed by atoms with Crippen LogP contribution in [0, 0.1) is 0 Å². The third-order valence-electron chi connectivity index (χ3n) is 6.86. The van der Waals surface area contributed by atoms with E-state index in [1.165, 1.54) is 24.2 Å². The molecule has 2 aliphatic heterocycles. The first-order valence-corrected chi connectivity index (χ1v) is 11.9. The van der Waals surface area contributed by atoms with Gasteiger partial charge in [0.05, 0.1) is 6.04 Å². The molecule has 3 heterocycles. The third-order valence-corrected chi connectivity index (χ3v) is 6.86. The Morgan fingerprint density at radius 1 is 1.09 bits per heavy atom. The van der Waals surface area contributed by atoms with Crippen molar-refractivity contribution in [2.45, 2.75) is 71.5 Å². The monoisotopic (exact) mass is 450 g/mol. The minimum Gasteiger partial charge on any atom is -0.465 e. The minimum absolute atomic E-state index is 0.0334. The van der Waals surface area contributed by atoms with Gasteiger partial charge in [-0.15, -0.1) is 0 Å². The number of carbonyl (C=O) groups excluding carboxylic acids is 1. The molecule has 0 bridgehead atoms. The third kappa shape index (κ3) is 4.54. The van der Waals surface area contributed by atoms with E-state index in [0.717, 1.165) is 41.3 Å². The van der Waals surface area contributed by atoms with Gasteiger partial charge in [-0.25, -0.2) is 9.78 Å². The quantitative estimate of drug-likeness (QED) is 0.683. The average molecular weight is 451 g/mol. The van der Waals surface area contributed by atoms with Gasteiger partial charge in [0.1, 0.15) is 5.82 Å². The molecular weight excluding hydrogens is 416 g/mol. The Kier molecular flexibility index (Phi) is 6.58. The molecule has 176 valence electrons. The highest BCUT2D eigenvalue weighted by Crippen LogP contribution is 2.43. The number of aromatic nitrogens is 1. The predicted octanol–water partition coefficient (Wildman–Crippen LogP) is 5.31. The van der Waals surface area contributed by atoms with Gasteiger partial charge >= 0.3 is 6.09 Å². The van der Waals surface area contributed by atoms with Crippen molar-refractivity contribution < 1.29 is 14.7 Å². The van der Waals surface area contributed by atoms with Gasteiger partial charge in [-0.1, -0.05) is 6.07 Å². The Morgan fingerprint density at radius 2 is 1.79 bits per heavy atom. The Morgan fingerprint density at radius 3 is 2.36 bits per heavy atom.